The summed E-state index contributed by atoms with van der Waals surface area (Å²) in [7, 11) is 0. The summed E-state index contributed by atoms with van der Waals surface area (Å²) in [5, 5.41) is 9.08. The number of ether oxygens (including phenoxy) is 1. The first kappa shape index (κ1) is 14.7. The molecule has 0 aliphatic heterocycles. The van der Waals surface area contributed by atoms with Gasteiger partial charge in [0.15, 0.2) is 17.6 Å². The van der Waals surface area contributed by atoms with Gasteiger partial charge in [0.25, 0.3) is 0 Å². The summed E-state index contributed by atoms with van der Waals surface area (Å²) in [6.45, 7) is 1.81. The second-order valence-corrected chi connectivity index (χ2v) is 5.54. The number of hydrogen-bond acceptors (Lipinski definition) is 6. The lowest BCUT2D eigenvalue weighted by molar-refractivity contribution is -0.154. The molecule has 8 heteroatoms. The van der Waals surface area contributed by atoms with Crippen molar-refractivity contribution in [3.8, 4) is 0 Å². The monoisotopic (exact) mass is 305 g/mol. The summed E-state index contributed by atoms with van der Waals surface area (Å²) in [4.78, 5) is 23.5. The number of carboxylic acids is 1. The molecule has 2 aromatic rings. The Morgan fingerprint density at radius 2 is 2.32 bits per heavy atom. The van der Waals surface area contributed by atoms with Gasteiger partial charge in [-0.3, -0.25) is 0 Å². The van der Waals surface area contributed by atoms with E-state index >= 15 is 0 Å². The number of aromatic nitrogens is 4. The molecule has 1 unspecified atom stereocenters. The molecule has 0 aromatic carbocycles. The zero-order valence-electron chi connectivity index (χ0n) is 12.3. The fraction of sp³-hybridized carbons (Fsp3) is 0.571. The summed E-state index contributed by atoms with van der Waals surface area (Å²) in [5.41, 5.74) is 7.11. The minimum absolute atomic E-state index is 0.0531. The van der Waals surface area contributed by atoms with Crippen LogP contribution in [0.5, 0.6) is 0 Å². The minimum atomic E-state index is -0.903. The molecule has 1 fully saturated rings. The zero-order chi connectivity index (χ0) is 15.7. The van der Waals surface area contributed by atoms with Crippen molar-refractivity contribution in [2.75, 3.05) is 5.73 Å². The molecule has 22 heavy (non-hydrogen) atoms. The van der Waals surface area contributed by atoms with E-state index in [9.17, 15) is 4.79 Å². The van der Waals surface area contributed by atoms with Gasteiger partial charge in [0.2, 0.25) is 0 Å². The van der Waals surface area contributed by atoms with Gasteiger partial charge in [0.1, 0.15) is 11.8 Å². The average Bonchev–Trinajstić information content (AvgIpc) is 3.11. The largest absolute Gasteiger partial charge is 0.479 e. The fourth-order valence-corrected chi connectivity index (χ4v) is 2.99. The quantitative estimate of drug-likeness (QED) is 0.857. The van der Waals surface area contributed by atoms with Crippen molar-refractivity contribution in [3.63, 3.8) is 0 Å². The molecule has 0 bridgehead atoms. The Hall–Kier alpha value is -2.22. The Balaban J connectivity index is 1.74. The van der Waals surface area contributed by atoms with Crippen LogP contribution in [-0.2, 0) is 9.53 Å². The summed E-state index contributed by atoms with van der Waals surface area (Å²) in [5.74, 6) is -0.536. The van der Waals surface area contributed by atoms with Crippen molar-refractivity contribution < 1.29 is 14.6 Å². The predicted octanol–water partition coefficient (Wildman–Crippen LogP) is 1.38. The van der Waals surface area contributed by atoms with Crippen molar-refractivity contribution >= 4 is 23.0 Å². The van der Waals surface area contributed by atoms with Crippen LogP contribution in [0.3, 0.4) is 0 Å². The van der Waals surface area contributed by atoms with Crippen LogP contribution < -0.4 is 5.73 Å². The molecule has 3 N–H and O–H groups in total. The Morgan fingerprint density at radius 3 is 3.05 bits per heavy atom. The van der Waals surface area contributed by atoms with Crippen LogP contribution in [-0.4, -0.2) is 42.8 Å². The highest BCUT2D eigenvalue weighted by molar-refractivity contribution is 5.81. The number of anilines is 1. The third-order valence-electron chi connectivity index (χ3n) is 4.14. The van der Waals surface area contributed by atoms with Crippen LogP contribution in [0, 0.1) is 0 Å². The number of carboxylic acid groups (broad SMARTS) is 1. The van der Waals surface area contributed by atoms with Crippen molar-refractivity contribution in [2.45, 2.75) is 50.9 Å². The number of hydrogen-bond donors (Lipinski definition) is 2. The van der Waals surface area contributed by atoms with E-state index in [0.29, 0.717) is 23.4 Å². The number of carbonyl (C=O) groups is 1. The number of imidazole rings is 1. The van der Waals surface area contributed by atoms with Crippen molar-refractivity contribution in [2.24, 2.45) is 0 Å². The Labute approximate surface area is 127 Å². The maximum Gasteiger partial charge on any atom is 0.332 e. The van der Waals surface area contributed by atoms with Crippen LogP contribution in [0.4, 0.5) is 5.82 Å². The van der Waals surface area contributed by atoms with Gasteiger partial charge in [-0.15, -0.1) is 0 Å². The van der Waals surface area contributed by atoms with E-state index in [4.69, 9.17) is 15.6 Å². The Bertz CT molecular complexity index is 686. The second kappa shape index (κ2) is 5.88. The molecule has 2 aromatic heterocycles. The van der Waals surface area contributed by atoms with Crippen LogP contribution in [0.15, 0.2) is 12.7 Å². The number of aliphatic carboxylic acids is 1. The third-order valence-corrected chi connectivity index (χ3v) is 4.14. The van der Waals surface area contributed by atoms with E-state index in [-0.39, 0.29) is 12.1 Å². The lowest BCUT2D eigenvalue weighted by Gasteiger charge is -2.18. The number of fused-ring (bicyclic) bond motifs is 1. The SMILES string of the molecule is CCC(O[C@@H]1CC[C@H](n2cnc3c(N)ncnc32)C1)C(=O)O. The molecule has 2 heterocycles. The fourth-order valence-electron chi connectivity index (χ4n) is 2.99. The van der Waals surface area contributed by atoms with Gasteiger partial charge in [-0.1, -0.05) is 6.92 Å². The first-order valence-corrected chi connectivity index (χ1v) is 7.41. The topological polar surface area (TPSA) is 116 Å². The summed E-state index contributed by atoms with van der Waals surface area (Å²) >= 11 is 0. The molecule has 1 aliphatic carbocycles. The lowest BCUT2D eigenvalue weighted by Crippen LogP contribution is -2.27. The Morgan fingerprint density at radius 1 is 1.50 bits per heavy atom. The molecule has 0 radical (unpaired) electrons. The van der Waals surface area contributed by atoms with E-state index in [2.05, 4.69) is 15.0 Å². The number of nitrogen functional groups attached to an aromatic ring is 1. The van der Waals surface area contributed by atoms with Gasteiger partial charge < -0.3 is 20.1 Å². The lowest BCUT2D eigenvalue weighted by atomic mass is 10.2. The molecule has 3 atom stereocenters. The third kappa shape index (κ3) is 2.61. The summed E-state index contributed by atoms with van der Waals surface area (Å²) in [6.07, 6.45) is 5.30. The van der Waals surface area contributed by atoms with E-state index in [1.165, 1.54) is 6.33 Å². The van der Waals surface area contributed by atoms with Gasteiger partial charge >= 0.3 is 5.97 Å². The van der Waals surface area contributed by atoms with E-state index < -0.39 is 12.1 Å². The van der Waals surface area contributed by atoms with Crippen LogP contribution in [0.1, 0.15) is 38.6 Å². The molecule has 1 aliphatic rings. The van der Waals surface area contributed by atoms with Gasteiger partial charge in [-0.05, 0) is 25.7 Å². The molecular formula is C14H19N5O3. The highest BCUT2D eigenvalue weighted by Gasteiger charge is 2.31. The summed E-state index contributed by atoms with van der Waals surface area (Å²) in [6, 6.07) is 0.190. The minimum Gasteiger partial charge on any atom is -0.479 e. The van der Waals surface area contributed by atoms with Gasteiger partial charge in [-0.2, -0.15) is 0 Å². The molecular weight excluding hydrogens is 286 g/mol. The smallest absolute Gasteiger partial charge is 0.332 e. The van der Waals surface area contributed by atoms with Crippen LogP contribution in [0.2, 0.25) is 0 Å². The van der Waals surface area contributed by atoms with Gasteiger partial charge in [0, 0.05) is 6.04 Å². The van der Waals surface area contributed by atoms with Crippen molar-refractivity contribution in [1.29, 1.82) is 0 Å². The second-order valence-electron chi connectivity index (χ2n) is 5.54. The molecule has 118 valence electrons. The zero-order valence-corrected chi connectivity index (χ0v) is 12.3. The average molecular weight is 305 g/mol. The normalized spacial score (nSPS) is 23.0. The molecule has 8 nitrogen and oxygen atoms in total. The number of nitrogens with two attached hydrogens (primary N) is 1. The number of nitrogens with zero attached hydrogens (tertiary/aromatic N) is 4. The van der Waals surface area contributed by atoms with Gasteiger partial charge in [-0.25, -0.2) is 19.7 Å². The van der Waals surface area contributed by atoms with Gasteiger partial charge in [0.05, 0.1) is 12.4 Å². The van der Waals surface area contributed by atoms with Crippen molar-refractivity contribution in [1.82, 2.24) is 19.5 Å². The van der Waals surface area contributed by atoms with E-state index in [1.54, 1.807) is 6.33 Å². The van der Waals surface area contributed by atoms with Crippen LogP contribution >= 0.6 is 0 Å². The maximum atomic E-state index is 11.1. The molecule has 3 rings (SSSR count). The van der Waals surface area contributed by atoms with Crippen molar-refractivity contribution in [3.05, 3.63) is 12.7 Å². The first-order valence-electron chi connectivity index (χ1n) is 7.41. The molecule has 1 saturated carbocycles. The Kier molecular flexibility index (Phi) is 3.93. The highest BCUT2D eigenvalue weighted by Crippen LogP contribution is 2.34. The van der Waals surface area contributed by atoms with E-state index in [0.717, 1.165) is 19.3 Å². The summed E-state index contributed by atoms with van der Waals surface area (Å²) < 4.78 is 7.68. The molecule has 0 amide bonds. The number of rotatable bonds is 5. The maximum absolute atomic E-state index is 11.1. The van der Waals surface area contributed by atoms with Crippen LogP contribution in [0.25, 0.3) is 11.2 Å². The molecule has 0 spiro atoms. The predicted molar refractivity (Wildman–Crippen MR) is 79.2 cm³/mol. The highest BCUT2D eigenvalue weighted by atomic mass is 16.5. The molecule has 0 saturated heterocycles. The first-order chi connectivity index (χ1) is 10.6. The standard InChI is InChI=1S/C14H19N5O3/c1-2-10(14(20)21)22-9-4-3-8(5-9)19-7-18-11-12(15)16-6-17-13(11)19/h6-10H,2-5H2,1H3,(H,20,21)(H2,15,16,17)/t8-,9+,10?/m0/s1. The van der Waals surface area contributed by atoms with E-state index in [1.807, 2.05) is 11.5 Å².